The van der Waals surface area contributed by atoms with E-state index < -0.39 is 0 Å². The van der Waals surface area contributed by atoms with E-state index in [-0.39, 0.29) is 10.8 Å². The second-order valence-corrected chi connectivity index (χ2v) is 13.3. The van der Waals surface area contributed by atoms with Gasteiger partial charge in [-0.1, -0.05) is 125 Å². The van der Waals surface area contributed by atoms with Gasteiger partial charge in [0.15, 0.2) is 17.5 Å². The quantitative estimate of drug-likeness (QED) is 0.200. The summed E-state index contributed by atoms with van der Waals surface area (Å²) < 4.78 is 0. The van der Waals surface area contributed by atoms with Crippen LogP contribution in [0.4, 0.5) is 0 Å². The predicted molar refractivity (Wildman–Crippen MR) is 181 cm³/mol. The van der Waals surface area contributed by atoms with Crippen LogP contribution in [0.3, 0.4) is 0 Å². The number of rotatable bonds is 3. The molecule has 7 aromatic rings. The van der Waals surface area contributed by atoms with E-state index in [1.807, 2.05) is 18.2 Å². The molecule has 0 aliphatic heterocycles. The van der Waals surface area contributed by atoms with Crippen molar-refractivity contribution in [2.45, 2.75) is 38.5 Å². The van der Waals surface area contributed by atoms with Gasteiger partial charge in [-0.2, -0.15) is 0 Å². The van der Waals surface area contributed by atoms with Crippen LogP contribution < -0.4 is 0 Å². The Morgan fingerprint density at radius 2 is 0.932 bits per heavy atom. The van der Waals surface area contributed by atoms with Crippen molar-refractivity contribution in [3.05, 3.63) is 138 Å². The Labute approximate surface area is 257 Å². The number of hydrogen-bond donors (Lipinski definition) is 0. The molecule has 0 radical (unpaired) electrons. The monoisotopic (exact) mass is 565 g/mol. The van der Waals surface area contributed by atoms with Gasteiger partial charge in [-0.05, 0) is 73.1 Å². The molecule has 0 fully saturated rings. The molecule has 0 bridgehead atoms. The van der Waals surface area contributed by atoms with E-state index in [9.17, 15) is 0 Å². The molecule has 0 saturated heterocycles. The second-order valence-electron chi connectivity index (χ2n) is 13.3. The average molecular weight is 566 g/mol. The molecule has 0 atom stereocenters. The minimum Gasteiger partial charge on any atom is -0.208 e. The minimum atomic E-state index is -0.0961. The van der Waals surface area contributed by atoms with Crippen LogP contribution in [0, 0.1) is 0 Å². The van der Waals surface area contributed by atoms with Crippen LogP contribution >= 0.6 is 0 Å². The molecule has 3 nitrogen and oxygen atoms in total. The van der Waals surface area contributed by atoms with Crippen LogP contribution in [0.5, 0.6) is 0 Å². The van der Waals surface area contributed by atoms with E-state index in [0.29, 0.717) is 17.5 Å². The summed E-state index contributed by atoms with van der Waals surface area (Å²) in [6.45, 7) is 9.39. The van der Waals surface area contributed by atoms with Gasteiger partial charge in [0.05, 0.1) is 0 Å². The van der Waals surface area contributed by atoms with Crippen molar-refractivity contribution < 1.29 is 0 Å². The first kappa shape index (κ1) is 25.4. The summed E-state index contributed by atoms with van der Waals surface area (Å²) >= 11 is 0. The molecule has 2 aliphatic rings. The SMILES string of the molecule is CC1(C)c2cccc3c2-c2c1cc(-c1nc(-c4ccccc4)nc(-c4ccc5c(ccc6ccccc65)c4)n1)cc2C3(C)C. The molecule has 1 aromatic heterocycles. The van der Waals surface area contributed by atoms with Crippen LogP contribution in [0.25, 0.3) is 66.8 Å². The summed E-state index contributed by atoms with van der Waals surface area (Å²) in [5.41, 5.74) is 11.2. The standard InChI is InChI=1S/C41H31N3/c1-40(2)31-15-10-16-32-35(31)36-33(40)22-28(23-34(36)41(32,3)4)39-43-37(25-12-6-5-7-13-25)42-38(44-39)27-19-20-30-26(21-27)18-17-24-11-8-9-14-29(24)30/h5-23H,1-4H3. The first-order valence-corrected chi connectivity index (χ1v) is 15.4. The van der Waals surface area contributed by atoms with Crippen LogP contribution in [0.15, 0.2) is 115 Å². The van der Waals surface area contributed by atoms with Gasteiger partial charge in [-0.15, -0.1) is 0 Å². The molecule has 3 heteroatoms. The van der Waals surface area contributed by atoms with Crippen LogP contribution in [0.1, 0.15) is 49.9 Å². The normalized spacial score (nSPS) is 15.2. The lowest BCUT2D eigenvalue weighted by Gasteiger charge is -2.29. The van der Waals surface area contributed by atoms with E-state index in [1.54, 1.807) is 0 Å². The van der Waals surface area contributed by atoms with Crippen LogP contribution in [-0.4, -0.2) is 15.0 Å². The Bertz CT molecular complexity index is 2270. The molecule has 0 spiro atoms. The minimum absolute atomic E-state index is 0.0961. The molecular formula is C41H31N3. The fraction of sp³-hybridized carbons (Fsp3) is 0.146. The van der Waals surface area contributed by atoms with Crippen LogP contribution in [0.2, 0.25) is 0 Å². The number of benzene rings is 6. The van der Waals surface area contributed by atoms with Crippen molar-refractivity contribution in [3.63, 3.8) is 0 Å². The van der Waals surface area contributed by atoms with E-state index in [2.05, 4.69) is 125 Å². The molecule has 6 aromatic carbocycles. The molecule has 0 amide bonds. The van der Waals surface area contributed by atoms with Gasteiger partial charge in [0.1, 0.15) is 0 Å². The zero-order valence-corrected chi connectivity index (χ0v) is 25.3. The summed E-state index contributed by atoms with van der Waals surface area (Å²) in [5.74, 6) is 2.07. The van der Waals surface area contributed by atoms with E-state index in [1.165, 1.54) is 54.9 Å². The first-order chi connectivity index (χ1) is 21.3. The van der Waals surface area contributed by atoms with Gasteiger partial charge < -0.3 is 0 Å². The molecule has 210 valence electrons. The van der Waals surface area contributed by atoms with Crippen molar-refractivity contribution in [2.75, 3.05) is 0 Å². The Kier molecular flexibility index (Phi) is 5.02. The molecule has 0 saturated carbocycles. The molecule has 1 heterocycles. The largest absolute Gasteiger partial charge is 0.208 e. The Balaban J connectivity index is 1.27. The summed E-state index contributed by atoms with van der Waals surface area (Å²) in [7, 11) is 0. The lowest BCUT2D eigenvalue weighted by atomic mass is 9.74. The Hall–Kier alpha value is -5.15. The highest BCUT2D eigenvalue weighted by Gasteiger charge is 2.47. The van der Waals surface area contributed by atoms with Gasteiger partial charge in [0, 0.05) is 27.5 Å². The smallest absolute Gasteiger partial charge is 0.164 e. The molecule has 0 unspecified atom stereocenters. The summed E-state index contributed by atoms with van der Waals surface area (Å²) in [4.78, 5) is 15.4. The maximum absolute atomic E-state index is 5.19. The van der Waals surface area contributed by atoms with Crippen molar-refractivity contribution in [3.8, 4) is 45.3 Å². The summed E-state index contributed by atoms with van der Waals surface area (Å²) in [6.07, 6.45) is 0. The Morgan fingerprint density at radius 1 is 0.386 bits per heavy atom. The van der Waals surface area contributed by atoms with Gasteiger partial charge in [-0.3, -0.25) is 0 Å². The molecular weight excluding hydrogens is 534 g/mol. The maximum atomic E-state index is 5.19. The third kappa shape index (κ3) is 3.41. The third-order valence-electron chi connectivity index (χ3n) is 10.1. The van der Waals surface area contributed by atoms with Crippen molar-refractivity contribution in [1.29, 1.82) is 0 Å². The van der Waals surface area contributed by atoms with Crippen molar-refractivity contribution >= 4 is 21.5 Å². The maximum Gasteiger partial charge on any atom is 0.164 e. The topological polar surface area (TPSA) is 38.7 Å². The van der Waals surface area contributed by atoms with Gasteiger partial charge >= 0.3 is 0 Å². The molecule has 2 aliphatic carbocycles. The van der Waals surface area contributed by atoms with Gasteiger partial charge in [-0.25, -0.2) is 15.0 Å². The number of fused-ring (bicyclic) bond motifs is 3. The molecule has 9 rings (SSSR count). The zero-order chi connectivity index (χ0) is 29.8. The van der Waals surface area contributed by atoms with Crippen LogP contribution in [-0.2, 0) is 10.8 Å². The highest BCUT2D eigenvalue weighted by molar-refractivity contribution is 6.08. The summed E-state index contributed by atoms with van der Waals surface area (Å²) in [6, 6.07) is 41.2. The van der Waals surface area contributed by atoms with Crippen molar-refractivity contribution in [1.82, 2.24) is 15.0 Å². The first-order valence-electron chi connectivity index (χ1n) is 15.4. The third-order valence-corrected chi connectivity index (χ3v) is 10.1. The van der Waals surface area contributed by atoms with E-state index >= 15 is 0 Å². The van der Waals surface area contributed by atoms with E-state index in [4.69, 9.17) is 15.0 Å². The Morgan fingerprint density at radius 3 is 1.64 bits per heavy atom. The fourth-order valence-corrected chi connectivity index (χ4v) is 7.68. The zero-order valence-electron chi connectivity index (χ0n) is 25.3. The predicted octanol–water partition coefficient (Wildman–Crippen LogP) is 10.1. The van der Waals surface area contributed by atoms with Crippen molar-refractivity contribution in [2.24, 2.45) is 0 Å². The lowest BCUT2D eigenvalue weighted by molar-refractivity contribution is 0.630. The number of nitrogens with zero attached hydrogens (tertiary/aromatic N) is 3. The van der Waals surface area contributed by atoms with Gasteiger partial charge in [0.2, 0.25) is 0 Å². The molecule has 44 heavy (non-hydrogen) atoms. The highest BCUT2D eigenvalue weighted by Crippen LogP contribution is 2.61. The summed E-state index contributed by atoms with van der Waals surface area (Å²) in [5, 5.41) is 4.90. The second kappa shape index (κ2) is 8.70. The fourth-order valence-electron chi connectivity index (χ4n) is 7.68. The van der Waals surface area contributed by atoms with E-state index in [0.717, 1.165) is 16.7 Å². The van der Waals surface area contributed by atoms with Gasteiger partial charge in [0.25, 0.3) is 0 Å². The number of hydrogen-bond acceptors (Lipinski definition) is 3. The average Bonchev–Trinajstić information content (AvgIpc) is 3.44. The lowest BCUT2D eigenvalue weighted by Crippen LogP contribution is -2.21. The number of aromatic nitrogens is 3. The highest BCUT2D eigenvalue weighted by atomic mass is 15.0. The molecule has 0 N–H and O–H groups in total.